The van der Waals surface area contributed by atoms with Gasteiger partial charge in [-0.1, -0.05) is 114 Å². The van der Waals surface area contributed by atoms with Crippen LogP contribution in [0.2, 0.25) is 0 Å². The first-order valence-electron chi connectivity index (χ1n) is 15.3. The first-order chi connectivity index (χ1) is 21.5. The molecule has 5 aromatic rings. The summed E-state index contributed by atoms with van der Waals surface area (Å²) < 4.78 is 13.2. The third kappa shape index (κ3) is 7.97. The Morgan fingerprint density at radius 3 is 1.95 bits per heavy atom. The lowest BCUT2D eigenvalue weighted by molar-refractivity contribution is 0.0489. The fourth-order valence-corrected chi connectivity index (χ4v) is 5.19. The molecule has 0 aliphatic rings. The van der Waals surface area contributed by atoms with Gasteiger partial charge in [-0.05, 0) is 25.8 Å². The van der Waals surface area contributed by atoms with E-state index in [1.165, 1.54) is 11.1 Å². The fraction of sp³-hybridized carbons (Fsp3) is 0.263. The van der Waals surface area contributed by atoms with Crippen LogP contribution >= 0.6 is 0 Å². The van der Waals surface area contributed by atoms with Gasteiger partial charge < -0.3 is 19.8 Å². The van der Waals surface area contributed by atoms with Crippen LogP contribution in [0.4, 0.5) is 0 Å². The van der Waals surface area contributed by atoms with Crippen LogP contribution in [0.25, 0.3) is 33.9 Å². The molecule has 2 N–H and O–H groups in total. The van der Waals surface area contributed by atoms with Gasteiger partial charge in [-0.2, -0.15) is 0 Å². The second kappa shape index (κ2) is 15.4. The van der Waals surface area contributed by atoms with Crippen molar-refractivity contribution >= 4 is 5.78 Å². The maximum Gasteiger partial charge on any atom is 0.162 e. The molecule has 1 heterocycles. The molecule has 0 saturated carbocycles. The number of imidazole rings is 1. The SMILES string of the molecule is Cc1ccc(-c2nc(-c3ccccc3)n(Cc3ccc(C(=O)CCCOCCOCCN)cc3)c2-c2ccc(C)cc2)cc1. The molecule has 1 aromatic heterocycles. The minimum absolute atomic E-state index is 0.120. The lowest BCUT2D eigenvalue weighted by Gasteiger charge is -2.14. The molecule has 226 valence electrons. The normalized spacial score (nSPS) is 11.2. The standard InChI is InChI=1S/C38H41N3O3/c1-28-10-16-32(17-11-28)36-37(33-18-12-29(2)13-19-33)41(38(40-36)34-7-4-3-5-8-34)27-30-14-20-31(21-15-30)35(42)9-6-23-43-25-26-44-24-22-39/h3-5,7-8,10-21H,6,9,22-27,39H2,1-2H3. The number of aryl methyl sites for hydroxylation is 2. The average Bonchev–Trinajstić information content (AvgIpc) is 3.42. The average molecular weight is 588 g/mol. The van der Waals surface area contributed by atoms with Gasteiger partial charge >= 0.3 is 0 Å². The lowest BCUT2D eigenvalue weighted by Crippen LogP contribution is -2.12. The molecule has 4 aromatic carbocycles. The minimum Gasteiger partial charge on any atom is -0.379 e. The molecule has 44 heavy (non-hydrogen) atoms. The van der Waals surface area contributed by atoms with Crippen LogP contribution in [0.15, 0.2) is 103 Å². The van der Waals surface area contributed by atoms with Crippen LogP contribution < -0.4 is 5.73 Å². The highest BCUT2D eigenvalue weighted by molar-refractivity contribution is 5.96. The molecule has 0 aliphatic carbocycles. The Hall–Kier alpha value is -4.36. The first-order valence-corrected chi connectivity index (χ1v) is 15.3. The van der Waals surface area contributed by atoms with E-state index in [9.17, 15) is 4.79 Å². The van der Waals surface area contributed by atoms with Gasteiger partial charge in [0.05, 0.1) is 31.2 Å². The number of ether oxygens (including phenoxy) is 2. The smallest absolute Gasteiger partial charge is 0.162 e. The molecule has 6 nitrogen and oxygen atoms in total. The van der Waals surface area contributed by atoms with Crippen molar-refractivity contribution in [3.8, 4) is 33.9 Å². The summed E-state index contributed by atoms with van der Waals surface area (Å²) in [6.45, 7) is 7.42. The second-order valence-corrected chi connectivity index (χ2v) is 11.1. The summed E-state index contributed by atoms with van der Waals surface area (Å²) in [6.07, 6.45) is 1.12. The van der Waals surface area contributed by atoms with Crippen LogP contribution in [-0.4, -0.2) is 48.3 Å². The van der Waals surface area contributed by atoms with Crippen molar-refractivity contribution in [3.05, 3.63) is 125 Å². The molecule has 0 fully saturated rings. The van der Waals surface area contributed by atoms with E-state index in [1.807, 2.05) is 30.3 Å². The number of rotatable bonds is 15. The van der Waals surface area contributed by atoms with Crippen molar-refractivity contribution in [1.82, 2.24) is 9.55 Å². The lowest BCUT2D eigenvalue weighted by atomic mass is 10.0. The van der Waals surface area contributed by atoms with E-state index in [2.05, 4.69) is 91.2 Å². The molecule has 0 unspecified atom stereocenters. The van der Waals surface area contributed by atoms with E-state index in [-0.39, 0.29) is 5.78 Å². The second-order valence-electron chi connectivity index (χ2n) is 11.1. The minimum atomic E-state index is 0.120. The molecular weight excluding hydrogens is 546 g/mol. The van der Waals surface area contributed by atoms with Gasteiger partial charge in [-0.25, -0.2) is 4.98 Å². The summed E-state index contributed by atoms with van der Waals surface area (Å²) in [6, 6.07) is 35.5. The van der Waals surface area contributed by atoms with E-state index in [4.69, 9.17) is 20.2 Å². The number of aromatic nitrogens is 2. The Balaban J connectivity index is 1.41. The molecule has 0 spiro atoms. The van der Waals surface area contributed by atoms with Gasteiger partial charge in [0.1, 0.15) is 5.82 Å². The van der Waals surface area contributed by atoms with Crippen molar-refractivity contribution in [3.63, 3.8) is 0 Å². The highest BCUT2D eigenvalue weighted by Crippen LogP contribution is 2.37. The zero-order valence-corrected chi connectivity index (χ0v) is 25.7. The molecule has 0 amide bonds. The summed E-state index contributed by atoms with van der Waals surface area (Å²) in [5.41, 5.74) is 14.9. The van der Waals surface area contributed by atoms with E-state index in [0.29, 0.717) is 57.9 Å². The number of carbonyl (C=O) groups is 1. The Kier molecular flexibility index (Phi) is 10.9. The van der Waals surface area contributed by atoms with Crippen LogP contribution in [0.1, 0.15) is 39.9 Å². The van der Waals surface area contributed by atoms with Gasteiger partial charge in [0.25, 0.3) is 0 Å². The predicted octanol–water partition coefficient (Wildman–Crippen LogP) is 7.50. The van der Waals surface area contributed by atoms with Crippen molar-refractivity contribution in [2.24, 2.45) is 5.73 Å². The predicted molar refractivity (Wildman–Crippen MR) is 178 cm³/mol. The van der Waals surface area contributed by atoms with Gasteiger partial charge in [-0.3, -0.25) is 4.79 Å². The molecule has 0 radical (unpaired) electrons. The summed E-state index contributed by atoms with van der Waals surface area (Å²) in [5.74, 6) is 1.03. The summed E-state index contributed by atoms with van der Waals surface area (Å²) in [5, 5.41) is 0. The Morgan fingerprint density at radius 2 is 1.32 bits per heavy atom. The number of ketones is 1. The van der Waals surface area contributed by atoms with Crippen LogP contribution in [0.3, 0.4) is 0 Å². The highest BCUT2D eigenvalue weighted by atomic mass is 16.5. The Labute approximate surface area is 260 Å². The van der Waals surface area contributed by atoms with Crippen LogP contribution in [0.5, 0.6) is 0 Å². The number of nitrogens with two attached hydrogens (primary N) is 1. The fourth-order valence-electron chi connectivity index (χ4n) is 5.19. The number of nitrogens with zero attached hydrogens (tertiary/aromatic N) is 2. The topological polar surface area (TPSA) is 79.4 Å². The van der Waals surface area contributed by atoms with E-state index < -0.39 is 0 Å². The van der Waals surface area contributed by atoms with Crippen LogP contribution in [-0.2, 0) is 16.0 Å². The monoisotopic (exact) mass is 587 g/mol. The maximum atomic E-state index is 12.9. The van der Waals surface area contributed by atoms with Gasteiger partial charge in [0, 0.05) is 48.4 Å². The van der Waals surface area contributed by atoms with E-state index in [1.54, 1.807) is 0 Å². The van der Waals surface area contributed by atoms with E-state index in [0.717, 1.165) is 39.5 Å². The first kappa shape index (κ1) is 31.1. The van der Waals surface area contributed by atoms with Gasteiger partial charge in [0.2, 0.25) is 0 Å². The van der Waals surface area contributed by atoms with Crippen molar-refractivity contribution in [1.29, 1.82) is 0 Å². The number of carbonyl (C=O) groups excluding carboxylic acids is 1. The Morgan fingerprint density at radius 1 is 0.705 bits per heavy atom. The third-order valence-corrected chi connectivity index (χ3v) is 7.59. The molecule has 0 aliphatic heterocycles. The largest absolute Gasteiger partial charge is 0.379 e. The molecule has 6 heteroatoms. The Bertz CT molecular complexity index is 1620. The molecule has 0 saturated heterocycles. The molecular formula is C38H41N3O3. The van der Waals surface area contributed by atoms with Gasteiger partial charge in [-0.15, -0.1) is 0 Å². The zero-order chi connectivity index (χ0) is 30.7. The molecule has 5 rings (SSSR count). The number of benzene rings is 4. The van der Waals surface area contributed by atoms with Crippen molar-refractivity contribution in [2.75, 3.05) is 33.0 Å². The zero-order valence-electron chi connectivity index (χ0n) is 25.7. The van der Waals surface area contributed by atoms with Gasteiger partial charge in [0.15, 0.2) is 5.78 Å². The van der Waals surface area contributed by atoms with Crippen molar-refractivity contribution in [2.45, 2.75) is 33.2 Å². The van der Waals surface area contributed by atoms with Crippen molar-refractivity contribution < 1.29 is 14.3 Å². The number of Topliss-reactive ketones (excluding diaryl/α,β-unsaturated/α-hetero) is 1. The summed E-state index contributed by atoms with van der Waals surface area (Å²) >= 11 is 0. The number of hydrogen-bond acceptors (Lipinski definition) is 5. The molecule has 0 atom stereocenters. The third-order valence-electron chi connectivity index (χ3n) is 7.59. The quantitative estimate of drug-likeness (QED) is 0.101. The highest BCUT2D eigenvalue weighted by Gasteiger charge is 2.21. The van der Waals surface area contributed by atoms with E-state index >= 15 is 0 Å². The molecule has 0 bridgehead atoms. The summed E-state index contributed by atoms with van der Waals surface area (Å²) in [4.78, 5) is 18.1. The van der Waals surface area contributed by atoms with Crippen LogP contribution in [0, 0.1) is 13.8 Å². The number of hydrogen-bond donors (Lipinski definition) is 1. The summed E-state index contributed by atoms with van der Waals surface area (Å²) in [7, 11) is 0. The maximum absolute atomic E-state index is 12.9.